The van der Waals surface area contributed by atoms with Crippen molar-refractivity contribution >= 4 is 17.5 Å². The summed E-state index contributed by atoms with van der Waals surface area (Å²) < 4.78 is 0. The quantitative estimate of drug-likeness (QED) is 0.903. The van der Waals surface area contributed by atoms with E-state index < -0.39 is 5.91 Å². The summed E-state index contributed by atoms with van der Waals surface area (Å²) in [4.78, 5) is 35.8. The summed E-state index contributed by atoms with van der Waals surface area (Å²) in [6.07, 6.45) is 3.12. The SMILES string of the molecule is Cc1cnc(C(=O)N2CCN(c3ccc(C(N)=O)cc3)CC2)cn1. The average molecular weight is 325 g/mol. The maximum absolute atomic E-state index is 12.4. The van der Waals surface area contributed by atoms with E-state index in [0.717, 1.165) is 24.5 Å². The third-order valence-corrected chi connectivity index (χ3v) is 4.08. The third kappa shape index (κ3) is 3.34. The van der Waals surface area contributed by atoms with Crippen LogP contribution in [0.3, 0.4) is 0 Å². The van der Waals surface area contributed by atoms with Gasteiger partial charge in [-0.3, -0.25) is 14.6 Å². The molecule has 0 saturated carbocycles. The van der Waals surface area contributed by atoms with E-state index in [-0.39, 0.29) is 5.91 Å². The fourth-order valence-electron chi connectivity index (χ4n) is 2.67. The highest BCUT2D eigenvalue weighted by Crippen LogP contribution is 2.18. The molecule has 0 bridgehead atoms. The van der Waals surface area contributed by atoms with Gasteiger partial charge < -0.3 is 15.5 Å². The molecule has 124 valence electrons. The summed E-state index contributed by atoms with van der Waals surface area (Å²) in [7, 11) is 0. The molecule has 1 aliphatic heterocycles. The number of amides is 2. The molecule has 24 heavy (non-hydrogen) atoms. The molecule has 1 aromatic carbocycles. The highest BCUT2D eigenvalue weighted by atomic mass is 16.2. The van der Waals surface area contributed by atoms with Gasteiger partial charge >= 0.3 is 0 Å². The largest absolute Gasteiger partial charge is 0.368 e. The number of aryl methyl sites for hydroxylation is 1. The van der Waals surface area contributed by atoms with Crippen molar-refractivity contribution in [2.45, 2.75) is 6.92 Å². The lowest BCUT2D eigenvalue weighted by Gasteiger charge is -2.36. The first-order valence-corrected chi connectivity index (χ1v) is 7.77. The Morgan fingerprint density at radius 1 is 1.00 bits per heavy atom. The number of benzene rings is 1. The molecule has 7 nitrogen and oxygen atoms in total. The summed E-state index contributed by atoms with van der Waals surface area (Å²) in [6, 6.07) is 7.19. The predicted molar refractivity (Wildman–Crippen MR) is 89.8 cm³/mol. The van der Waals surface area contributed by atoms with Crippen LogP contribution >= 0.6 is 0 Å². The Balaban J connectivity index is 1.62. The second-order valence-corrected chi connectivity index (χ2v) is 5.73. The molecule has 2 aromatic rings. The van der Waals surface area contributed by atoms with E-state index in [1.807, 2.05) is 19.1 Å². The molecule has 1 fully saturated rings. The molecule has 3 rings (SSSR count). The van der Waals surface area contributed by atoms with Gasteiger partial charge in [-0.05, 0) is 31.2 Å². The summed E-state index contributed by atoms with van der Waals surface area (Å²) in [5.41, 5.74) is 7.92. The molecular weight excluding hydrogens is 306 g/mol. The lowest BCUT2D eigenvalue weighted by atomic mass is 10.1. The van der Waals surface area contributed by atoms with Crippen molar-refractivity contribution in [3.05, 3.63) is 53.6 Å². The van der Waals surface area contributed by atoms with E-state index in [2.05, 4.69) is 14.9 Å². The minimum atomic E-state index is -0.434. The minimum Gasteiger partial charge on any atom is -0.368 e. The van der Waals surface area contributed by atoms with Crippen LogP contribution in [0.4, 0.5) is 5.69 Å². The Bertz CT molecular complexity index is 735. The lowest BCUT2D eigenvalue weighted by molar-refractivity contribution is 0.0740. The Morgan fingerprint density at radius 2 is 1.67 bits per heavy atom. The molecule has 0 atom stereocenters. The Hall–Kier alpha value is -2.96. The minimum absolute atomic E-state index is 0.0915. The van der Waals surface area contributed by atoms with Crippen LogP contribution in [0.5, 0.6) is 0 Å². The van der Waals surface area contributed by atoms with E-state index in [9.17, 15) is 9.59 Å². The number of anilines is 1. The second kappa shape index (κ2) is 6.66. The summed E-state index contributed by atoms with van der Waals surface area (Å²) in [6.45, 7) is 4.52. The van der Waals surface area contributed by atoms with Gasteiger partial charge in [0.15, 0.2) is 0 Å². The number of piperazine rings is 1. The van der Waals surface area contributed by atoms with Crippen LogP contribution in [0.2, 0.25) is 0 Å². The van der Waals surface area contributed by atoms with E-state index in [4.69, 9.17) is 5.73 Å². The van der Waals surface area contributed by atoms with Crippen LogP contribution in [-0.4, -0.2) is 52.9 Å². The number of carbonyl (C=O) groups is 2. The van der Waals surface area contributed by atoms with Gasteiger partial charge in [0.25, 0.3) is 5.91 Å². The summed E-state index contributed by atoms with van der Waals surface area (Å²) in [5, 5.41) is 0. The van der Waals surface area contributed by atoms with Crippen LogP contribution in [0.1, 0.15) is 26.5 Å². The highest BCUT2D eigenvalue weighted by Gasteiger charge is 2.23. The maximum atomic E-state index is 12.4. The molecule has 2 amide bonds. The standard InChI is InChI=1S/C17H19N5O2/c1-12-10-20-15(11-19-12)17(24)22-8-6-21(7-9-22)14-4-2-13(3-5-14)16(18)23/h2-5,10-11H,6-9H2,1H3,(H2,18,23). The van der Waals surface area contributed by atoms with Gasteiger partial charge in [-0.1, -0.05) is 0 Å². The Morgan fingerprint density at radius 3 is 2.21 bits per heavy atom. The number of rotatable bonds is 3. The molecule has 2 N–H and O–H groups in total. The monoisotopic (exact) mass is 325 g/mol. The normalized spacial score (nSPS) is 14.5. The van der Waals surface area contributed by atoms with Gasteiger partial charge in [0.1, 0.15) is 5.69 Å². The van der Waals surface area contributed by atoms with Crippen LogP contribution in [-0.2, 0) is 0 Å². The van der Waals surface area contributed by atoms with Crippen molar-refractivity contribution in [2.75, 3.05) is 31.1 Å². The Labute approximate surface area is 140 Å². The fraction of sp³-hybridized carbons (Fsp3) is 0.294. The van der Waals surface area contributed by atoms with Crippen LogP contribution < -0.4 is 10.6 Å². The molecule has 2 heterocycles. The number of nitrogens with two attached hydrogens (primary N) is 1. The number of carbonyl (C=O) groups excluding carboxylic acids is 2. The lowest BCUT2D eigenvalue weighted by Crippen LogP contribution is -2.49. The number of hydrogen-bond acceptors (Lipinski definition) is 5. The van der Waals surface area contributed by atoms with Gasteiger partial charge in [0.05, 0.1) is 11.9 Å². The molecule has 0 unspecified atom stereocenters. The zero-order chi connectivity index (χ0) is 17.1. The number of hydrogen-bond donors (Lipinski definition) is 1. The molecule has 1 saturated heterocycles. The van der Waals surface area contributed by atoms with Gasteiger partial charge in [0.2, 0.25) is 5.91 Å². The van der Waals surface area contributed by atoms with Gasteiger partial charge in [0, 0.05) is 43.6 Å². The molecule has 1 aliphatic rings. The first-order valence-electron chi connectivity index (χ1n) is 7.77. The number of nitrogens with zero attached hydrogens (tertiary/aromatic N) is 4. The van der Waals surface area contributed by atoms with Crippen LogP contribution in [0.15, 0.2) is 36.7 Å². The van der Waals surface area contributed by atoms with E-state index in [0.29, 0.717) is 24.3 Å². The molecular formula is C17H19N5O2. The van der Waals surface area contributed by atoms with Crippen molar-refractivity contribution in [1.82, 2.24) is 14.9 Å². The molecule has 0 spiro atoms. The number of aromatic nitrogens is 2. The smallest absolute Gasteiger partial charge is 0.274 e. The van der Waals surface area contributed by atoms with E-state index >= 15 is 0 Å². The zero-order valence-corrected chi connectivity index (χ0v) is 13.5. The van der Waals surface area contributed by atoms with Crippen LogP contribution in [0, 0.1) is 6.92 Å². The Kier molecular flexibility index (Phi) is 4.41. The van der Waals surface area contributed by atoms with Crippen molar-refractivity contribution in [3.63, 3.8) is 0 Å². The first kappa shape index (κ1) is 15.9. The topological polar surface area (TPSA) is 92.4 Å². The average Bonchev–Trinajstić information content (AvgIpc) is 2.62. The molecule has 7 heteroatoms. The van der Waals surface area contributed by atoms with E-state index in [1.165, 1.54) is 6.20 Å². The van der Waals surface area contributed by atoms with Gasteiger partial charge in [-0.25, -0.2) is 4.98 Å². The van der Waals surface area contributed by atoms with Crippen molar-refractivity contribution in [1.29, 1.82) is 0 Å². The fourth-order valence-corrected chi connectivity index (χ4v) is 2.67. The summed E-state index contributed by atoms with van der Waals surface area (Å²) in [5.74, 6) is -0.526. The van der Waals surface area contributed by atoms with Crippen molar-refractivity contribution in [2.24, 2.45) is 5.73 Å². The van der Waals surface area contributed by atoms with Crippen molar-refractivity contribution < 1.29 is 9.59 Å². The highest BCUT2D eigenvalue weighted by molar-refractivity contribution is 5.93. The first-order chi connectivity index (χ1) is 11.5. The van der Waals surface area contributed by atoms with Gasteiger partial charge in [-0.2, -0.15) is 0 Å². The second-order valence-electron chi connectivity index (χ2n) is 5.73. The molecule has 0 radical (unpaired) electrons. The maximum Gasteiger partial charge on any atom is 0.274 e. The third-order valence-electron chi connectivity index (χ3n) is 4.08. The molecule has 0 aliphatic carbocycles. The molecule has 1 aromatic heterocycles. The van der Waals surface area contributed by atoms with Crippen LogP contribution in [0.25, 0.3) is 0 Å². The zero-order valence-electron chi connectivity index (χ0n) is 13.5. The number of primary amides is 1. The van der Waals surface area contributed by atoms with E-state index in [1.54, 1.807) is 23.2 Å². The van der Waals surface area contributed by atoms with Crippen molar-refractivity contribution in [3.8, 4) is 0 Å². The van der Waals surface area contributed by atoms with Gasteiger partial charge in [-0.15, -0.1) is 0 Å². The summed E-state index contributed by atoms with van der Waals surface area (Å²) >= 11 is 0. The predicted octanol–water partition coefficient (Wildman–Crippen LogP) is 0.846.